The SMILES string of the molecule is CC(=O)c1ccc(CCCC(C)(C)C)cc1. The van der Waals surface area contributed by atoms with E-state index in [9.17, 15) is 4.79 Å². The highest BCUT2D eigenvalue weighted by Crippen LogP contribution is 2.22. The van der Waals surface area contributed by atoms with E-state index in [1.807, 2.05) is 12.1 Å². The molecule has 0 bridgehead atoms. The second kappa shape index (κ2) is 5.29. The van der Waals surface area contributed by atoms with Gasteiger partial charge in [0.15, 0.2) is 5.78 Å². The molecule has 1 heteroatoms. The summed E-state index contributed by atoms with van der Waals surface area (Å²) in [6.45, 7) is 8.41. The van der Waals surface area contributed by atoms with E-state index in [0.29, 0.717) is 5.41 Å². The molecule has 1 aromatic carbocycles. The Morgan fingerprint density at radius 1 is 1.12 bits per heavy atom. The van der Waals surface area contributed by atoms with Crippen LogP contribution in [0.25, 0.3) is 0 Å². The lowest BCUT2D eigenvalue weighted by molar-refractivity contribution is 0.101. The third-order valence-corrected chi connectivity index (χ3v) is 2.75. The van der Waals surface area contributed by atoms with Crippen molar-refractivity contribution < 1.29 is 4.79 Å². The van der Waals surface area contributed by atoms with Gasteiger partial charge in [-0.3, -0.25) is 4.79 Å². The number of rotatable bonds is 4. The molecule has 0 saturated carbocycles. The maximum atomic E-state index is 11.1. The summed E-state index contributed by atoms with van der Waals surface area (Å²) < 4.78 is 0. The smallest absolute Gasteiger partial charge is 0.159 e. The summed E-state index contributed by atoms with van der Waals surface area (Å²) in [5, 5.41) is 0. The molecule has 1 rings (SSSR count). The largest absolute Gasteiger partial charge is 0.295 e. The second-order valence-electron chi connectivity index (χ2n) is 5.67. The van der Waals surface area contributed by atoms with Crippen molar-refractivity contribution in [1.82, 2.24) is 0 Å². The highest BCUT2D eigenvalue weighted by atomic mass is 16.1. The van der Waals surface area contributed by atoms with Gasteiger partial charge in [0, 0.05) is 5.56 Å². The number of hydrogen-bond donors (Lipinski definition) is 0. The Morgan fingerprint density at radius 2 is 1.69 bits per heavy atom. The molecule has 0 aromatic heterocycles. The molecule has 16 heavy (non-hydrogen) atoms. The molecule has 0 aliphatic carbocycles. The highest BCUT2D eigenvalue weighted by Gasteiger charge is 2.09. The molecule has 0 N–H and O–H groups in total. The topological polar surface area (TPSA) is 17.1 Å². The Hall–Kier alpha value is -1.11. The molecular formula is C15H22O. The Kier molecular flexibility index (Phi) is 4.28. The minimum atomic E-state index is 0.140. The normalized spacial score (nSPS) is 11.5. The molecule has 0 spiro atoms. The average Bonchev–Trinajstić information content (AvgIpc) is 2.16. The van der Waals surface area contributed by atoms with Gasteiger partial charge in [-0.15, -0.1) is 0 Å². The van der Waals surface area contributed by atoms with Crippen molar-refractivity contribution in [3.63, 3.8) is 0 Å². The fourth-order valence-electron chi connectivity index (χ4n) is 1.73. The van der Waals surface area contributed by atoms with Crippen molar-refractivity contribution in [3.8, 4) is 0 Å². The van der Waals surface area contributed by atoms with Crippen LogP contribution in [0.15, 0.2) is 24.3 Å². The summed E-state index contributed by atoms with van der Waals surface area (Å²) >= 11 is 0. The van der Waals surface area contributed by atoms with Gasteiger partial charge >= 0.3 is 0 Å². The van der Waals surface area contributed by atoms with Crippen LogP contribution < -0.4 is 0 Å². The van der Waals surface area contributed by atoms with Crippen LogP contribution in [-0.4, -0.2) is 5.78 Å². The first-order chi connectivity index (χ1) is 7.38. The number of Topliss-reactive ketones (excluding diaryl/α,β-unsaturated/α-hetero) is 1. The summed E-state index contributed by atoms with van der Waals surface area (Å²) in [5.41, 5.74) is 2.55. The fourth-order valence-corrected chi connectivity index (χ4v) is 1.73. The minimum Gasteiger partial charge on any atom is -0.295 e. The predicted octanol–water partition coefficient (Wildman–Crippen LogP) is 4.26. The highest BCUT2D eigenvalue weighted by molar-refractivity contribution is 5.93. The molecule has 0 unspecified atom stereocenters. The zero-order chi connectivity index (χ0) is 12.2. The van der Waals surface area contributed by atoms with Crippen LogP contribution >= 0.6 is 0 Å². The van der Waals surface area contributed by atoms with Crippen molar-refractivity contribution >= 4 is 5.78 Å². The molecule has 1 aromatic rings. The molecule has 0 fully saturated rings. The van der Waals surface area contributed by atoms with Crippen LogP contribution in [0.5, 0.6) is 0 Å². The first-order valence-electron chi connectivity index (χ1n) is 5.98. The second-order valence-corrected chi connectivity index (χ2v) is 5.67. The van der Waals surface area contributed by atoms with Crippen LogP contribution in [0, 0.1) is 5.41 Å². The summed E-state index contributed by atoms with van der Waals surface area (Å²) in [5.74, 6) is 0.140. The molecule has 1 nitrogen and oxygen atoms in total. The first kappa shape index (κ1) is 13.0. The number of hydrogen-bond acceptors (Lipinski definition) is 1. The van der Waals surface area contributed by atoms with E-state index in [0.717, 1.165) is 12.0 Å². The van der Waals surface area contributed by atoms with E-state index in [1.54, 1.807) is 6.92 Å². The average molecular weight is 218 g/mol. The number of ketones is 1. The van der Waals surface area contributed by atoms with Gasteiger partial charge in [0.05, 0.1) is 0 Å². The van der Waals surface area contributed by atoms with Gasteiger partial charge < -0.3 is 0 Å². The standard InChI is InChI=1S/C15H22O/c1-12(16)14-9-7-13(8-10-14)6-5-11-15(2,3)4/h7-10H,5-6,11H2,1-4H3. The van der Waals surface area contributed by atoms with Crippen LogP contribution in [0.3, 0.4) is 0 Å². The van der Waals surface area contributed by atoms with E-state index in [4.69, 9.17) is 0 Å². The van der Waals surface area contributed by atoms with Crippen molar-refractivity contribution in [1.29, 1.82) is 0 Å². The number of carbonyl (C=O) groups is 1. The Balaban J connectivity index is 2.47. The van der Waals surface area contributed by atoms with E-state index < -0.39 is 0 Å². The Morgan fingerprint density at radius 3 is 2.12 bits per heavy atom. The molecule has 0 aliphatic rings. The molecule has 0 aliphatic heterocycles. The van der Waals surface area contributed by atoms with Crippen LogP contribution in [0.4, 0.5) is 0 Å². The number of benzene rings is 1. The summed E-state index contributed by atoms with van der Waals surface area (Å²) in [4.78, 5) is 11.1. The van der Waals surface area contributed by atoms with Crippen molar-refractivity contribution in [2.45, 2.75) is 47.0 Å². The molecule has 0 atom stereocenters. The van der Waals surface area contributed by atoms with Crippen molar-refractivity contribution in [2.24, 2.45) is 5.41 Å². The molecule has 0 saturated heterocycles. The summed E-state index contributed by atoms with van der Waals surface area (Å²) in [6, 6.07) is 7.99. The van der Waals surface area contributed by atoms with Gasteiger partial charge in [0.2, 0.25) is 0 Å². The van der Waals surface area contributed by atoms with Gasteiger partial charge in [0.25, 0.3) is 0 Å². The zero-order valence-electron chi connectivity index (χ0n) is 10.8. The molecule has 0 amide bonds. The quantitative estimate of drug-likeness (QED) is 0.690. The van der Waals surface area contributed by atoms with Crippen LogP contribution in [0.1, 0.15) is 56.5 Å². The van der Waals surface area contributed by atoms with Crippen LogP contribution in [0.2, 0.25) is 0 Å². The fraction of sp³-hybridized carbons (Fsp3) is 0.533. The molecular weight excluding hydrogens is 196 g/mol. The van der Waals surface area contributed by atoms with Gasteiger partial charge in [0.1, 0.15) is 0 Å². The maximum absolute atomic E-state index is 11.1. The Labute approximate surface area is 98.9 Å². The summed E-state index contributed by atoms with van der Waals surface area (Å²) in [7, 11) is 0. The Bertz CT molecular complexity index is 341. The predicted molar refractivity (Wildman–Crippen MR) is 68.8 cm³/mol. The van der Waals surface area contributed by atoms with Crippen molar-refractivity contribution in [3.05, 3.63) is 35.4 Å². The number of carbonyl (C=O) groups excluding carboxylic acids is 1. The van der Waals surface area contributed by atoms with E-state index in [-0.39, 0.29) is 5.78 Å². The minimum absolute atomic E-state index is 0.140. The first-order valence-corrected chi connectivity index (χ1v) is 5.98. The number of aryl methyl sites for hydroxylation is 1. The van der Waals surface area contributed by atoms with Gasteiger partial charge in [-0.25, -0.2) is 0 Å². The molecule has 88 valence electrons. The third kappa shape index (κ3) is 4.61. The van der Waals surface area contributed by atoms with Gasteiger partial charge in [-0.1, -0.05) is 45.0 Å². The summed E-state index contributed by atoms with van der Waals surface area (Å²) in [6.07, 6.45) is 3.56. The molecule has 0 radical (unpaired) electrons. The van der Waals surface area contributed by atoms with Gasteiger partial charge in [-0.2, -0.15) is 0 Å². The van der Waals surface area contributed by atoms with Crippen molar-refractivity contribution in [2.75, 3.05) is 0 Å². The lowest BCUT2D eigenvalue weighted by Gasteiger charge is -2.17. The zero-order valence-corrected chi connectivity index (χ0v) is 10.8. The van der Waals surface area contributed by atoms with E-state index in [2.05, 4.69) is 32.9 Å². The third-order valence-electron chi connectivity index (χ3n) is 2.75. The monoisotopic (exact) mass is 218 g/mol. The lowest BCUT2D eigenvalue weighted by Crippen LogP contribution is -2.05. The maximum Gasteiger partial charge on any atom is 0.159 e. The van der Waals surface area contributed by atoms with E-state index >= 15 is 0 Å². The molecule has 0 heterocycles. The van der Waals surface area contributed by atoms with Gasteiger partial charge in [-0.05, 0) is 37.2 Å². The van der Waals surface area contributed by atoms with Crippen LogP contribution in [-0.2, 0) is 6.42 Å². The lowest BCUT2D eigenvalue weighted by atomic mass is 9.89. The van der Waals surface area contributed by atoms with E-state index in [1.165, 1.54) is 18.4 Å².